The maximum atomic E-state index is 10.2. The molecule has 12 nitrogen and oxygen atoms in total. The summed E-state index contributed by atoms with van der Waals surface area (Å²) in [6.07, 6.45) is 0.966. The molecule has 0 saturated carbocycles. The molecule has 1 atom stereocenters. The molecule has 192 valence electrons. The molecule has 0 amide bonds. The topological polar surface area (TPSA) is 197 Å². The van der Waals surface area contributed by atoms with Crippen LogP contribution in [-0.4, -0.2) is 96.2 Å². The first-order valence-corrected chi connectivity index (χ1v) is 10.2. The van der Waals surface area contributed by atoms with Crippen LogP contribution in [-0.2, 0) is 19.2 Å². The van der Waals surface area contributed by atoms with Crippen molar-refractivity contribution in [1.82, 2.24) is 21.3 Å². The van der Waals surface area contributed by atoms with Crippen LogP contribution >= 0.6 is 0 Å². The fourth-order valence-corrected chi connectivity index (χ4v) is 1.13. The van der Waals surface area contributed by atoms with Crippen LogP contribution in [0.5, 0.6) is 0 Å². The van der Waals surface area contributed by atoms with E-state index in [9.17, 15) is 19.2 Å². The summed E-state index contributed by atoms with van der Waals surface area (Å²) < 4.78 is 0. The SMILES string of the molecule is CC(C)CNCC(=O)O.CCC(C)NCC(=O)O.CNC(C)(C)C(=O)O.CNCC(=O)O. The lowest BCUT2D eigenvalue weighted by atomic mass is 10.1. The van der Waals surface area contributed by atoms with E-state index in [2.05, 4.69) is 21.3 Å². The average Bonchev–Trinajstić information content (AvgIpc) is 2.66. The van der Waals surface area contributed by atoms with E-state index < -0.39 is 29.4 Å². The summed E-state index contributed by atoms with van der Waals surface area (Å²) in [6, 6.07) is 0.307. The van der Waals surface area contributed by atoms with Gasteiger partial charge in [-0.1, -0.05) is 20.8 Å². The molecule has 0 aliphatic heterocycles. The Morgan fingerprint density at radius 3 is 1.44 bits per heavy atom. The van der Waals surface area contributed by atoms with Gasteiger partial charge in [0.1, 0.15) is 5.54 Å². The molecule has 0 bridgehead atoms. The first-order chi connectivity index (χ1) is 14.6. The van der Waals surface area contributed by atoms with Crippen molar-refractivity contribution in [3.63, 3.8) is 0 Å². The second-order valence-electron chi connectivity index (χ2n) is 7.61. The Balaban J connectivity index is -0.000000165. The third-order valence-corrected chi connectivity index (χ3v) is 3.53. The van der Waals surface area contributed by atoms with Crippen molar-refractivity contribution >= 4 is 23.9 Å². The van der Waals surface area contributed by atoms with E-state index in [1.54, 1.807) is 27.9 Å². The monoisotopic (exact) mass is 468 g/mol. The fraction of sp³-hybridized carbons (Fsp3) is 0.800. The number of nitrogens with one attached hydrogen (secondary N) is 4. The molecule has 1 unspecified atom stereocenters. The van der Waals surface area contributed by atoms with E-state index in [-0.39, 0.29) is 19.6 Å². The van der Waals surface area contributed by atoms with Gasteiger partial charge in [-0.2, -0.15) is 0 Å². The van der Waals surface area contributed by atoms with Crippen LogP contribution in [0.15, 0.2) is 0 Å². The summed E-state index contributed by atoms with van der Waals surface area (Å²) in [7, 11) is 3.21. The molecule has 0 aromatic heterocycles. The standard InChI is InChI=1S/2C6H13NO2.C5H11NO2.C3H7NO2/c1-5(2)3-7-4-6(8)9;1-3-5(2)7-4-6(8)9;1-5(2,6-3)4(7)8;1-4-2-3(5)6/h2*5,7H,3-4H2,1-2H3,(H,8,9);6H,1-3H3,(H,7,8);4H,2H2,1H3,(H,5,6). The van der Waals surface area contributed by atoms with Crippen LogP contribution in [0, 0.1) is 5.92 Å². The van der Waals surface area contributed by atoms with Gasteiger partial charge < -0.3 is 41.7 Å². The van der Waals surface area contributed by atoms with Gasteiger partial charge in [-0.25, -0.2) is 0 Å². The highest BCUT2D eigenvalue weighted by Gasteiger charge is 2.23. The zero-order valence-corrected chi connectivity index (χ0v) is 20.6. The van der Waals surface area contributed by atoms with E-state index in [0.29, 0.717) is 12.0 Å². The van der Waals surface area contributed by atoms with Crippen molar-refractivity contribution in [2.75, 3.05) is 40.3 Å². The van der Waals surface area contributed by atoms with E-state index >= 15 is 0 Å². The largest absolute Gasteiger partial charge is 0.480 e. The summed E-state index contributed by atoms with van der Waals surface area (Å²) in [4.78, 5) is 39.6. The number of carboxylic acids is 4. The molecule has 8 N–H and O–H groups in total. The zero-order valence-electron chi connectivity index (χ0n) is 20.6. The molecule has 0 rings (SSSR count). The number of carbonyl (C=O) groups is 4. The van der Waals surface area contributed by atoms with Gasteiger partial charge in [0.05, 0.1) is 19.6 Å². The smallest absolute Gasteiger partial charge is 0.323 e. The van der Waals surface area contributed by atoms with E-state index in [4.69, 9.17) is 20.4 Å². The van der Waals surface area contributed by atoms with Crippen LogP contribution in [0.25, 0.3) is 0 Å². The molecule has 0 aromatic rings. The van der Waals surface area contributed by atoms with Crippen molar-refractivity contribution in [3.8, 4) is 0 Å². The molecule has 0 aliphatic rings. The van der Waals surface area contributed by atoms with Gasteiger partial charge in [-0.15, -0.1) is 0 Å². The van der Waals surface area contributed by atoms with Crippen LogP contribution in [0.1, 0.15) is 48.0 Å². The third-order valence-electron chi connectivity index (χ3n) is 3.53. The van der Waals surface area contributed by atoms with E-state index in [1.807, 2.05) is 27.7 Å². The van der Waals surface area contributed by atoms with E-state index in [0.717, 1.165) is 13.0 Å². The van der Waals surface area contributed by atoms with Crippen LogP contribution in [0.2, 0.25) is 0 Å². The van der Waals surface area contributed by atoms with Gasteiger partial charge in [-0.05, 0) is 53.8 Å². The molecule has 0 radical (unpaired) electrons. The summed E-state index contributed by atoms with van der Waals surface area (Å²) in [5.74, 6) is -2.73. The quantitative estimate of drug-likeness (QED) is 0.193. The number of carboxylic acid groups (broad SMARTS) is 4. The van der Waals surface area contributed by atoms with Gasteiger partial charge in [0.2, 0.25) is 0 Å². The molecule has 0 aliphatic carbocycles. The molecule has 12 heteroatoms. The lowest BCUT2D eigenvalue weighted by molar-refractivity contribution is -0.143. The zero-order chi connectivity index (χ0) is 26.3. The van der Waals surface area contributed by atoms with Gasteiger partial charge in [0, 0.05) is 6.04 Å². The predicted octanol–water partition coefficient (Wildman–Crippen LogP) is 0.135. The second-order valence-corrected chi connectivity index (χ2v) is 7.61. The summed E-state index contributed by atoms with van der Waals surface area (Å²) in [5, 5.41) is 43.3. The molecule has 0 aromatic carbocycles. The van der Waals surface area contributed by atoms with Crippen LogP contribution < -0.4 is 21.3 Å². The number of likely N-dealkylation sites (N-methyl/N-ethyl adjacent to an activating group) is 2. The Hall–Kier alpha value is -2.28. The number of aliphatic carboxylic acids is 4. The predicted molar refractivity (Wildman–Crippen MR) is 123 cm³/mol. The maximum absolute atomic E-state index is 10.2. The Labute approximate surface area is 191 Å². The van der Waals surface area contributed by atoms with Crippen molar-refractivity contribution in [1.29, 1.82) is 0 Å². The minimum Gasteiger partial charge on any atom is -0.480 e. The van der Waals surface area contributed by atoms with Crippen molar-refractivity contribution in [3.05, 3.63) is 0 Å². The molecular formula is C20H44N4O8. The minimum absolute atomic E-state index is 0.0417. The first-order valence-electron chi connectivity index (χ1n) is 10.2. The minimum atomic E-state index is -0.833. The van der Waals surface area contributed by atoms with Crippen molar-refractivity contribution in [2.24, 2.45) is 5.92 Å². The lowest BCUT2D eigenvalue weighted by Crippen LogP contribution is -2.44. The Kier molecular flexibility index (Phi) is 27.1. The summed E-state index contributed by atoms with van der Waals surface area (Å²) in [5.41, 5.74) is -0.792. The van der Waals surface area contributed by atoms with Crippen molar-refractivity contribution in [2.45, 2.75) is 59.5 Å². The third kappa shape index (κ3) is 38.3. The van der Waals surface area contributed by atoms with Crippen LogP contribution in [0.4, 0.5) is 0 Å². The van der Waals surface area contributed by atoms with Gasteiger partial charge >= 0.3 is 23.9 Å². The Morgan fingerprint density at radius 1 is 0.812 bits per heavy atom. The fourth-order valence-electron chi connectivity index (χ4n) is 1.13. The normalized spacial score (nSPS) is 10.9. The molecule has 0 saturated heterocycles. The Morgan fingerprint density at radius 2 is 1.25 bits per heavy atom. The number of hydrogen-bond donors (Lipinski definition) is 8. The molecule has 0 fully saturated rings. The summed E-state index contributed by atoms with van der Waals surface area (Å²) in [6.45, 7) is 12.2. The average molecular weight is 469 g/mol. The number of hydrogen-bond acceptors (Lipinski definition) is 8. The van der Waals surface area contributed by atoms with Gasteiger partial charge in [0.15, 0.2) is 0 Å². The maximum Gasteiger partial charge on any atom is 0.323 e. The van der Waals surface area contributed by atoms with Gasteiger partial charge in [0.25, 0.3) is 0 Å². The molecular weight excluding hydrogens is 424 g/mol. The molecule has 0 spiro atoms. The molecule has 32 heavy (non-hydrogen) atoms. The number of rotatable bonds is 12. The van der Waals surface area contributed by atoms with Gasteiger partial charge in [-0.3, -0.25) is 19.2 Å². The molecule has 0 heterocycles. The highest BCUT2D eigenvalue weighted by molar-refractivity contribution is 5.77. The van der Waals surface area contributed by atoms with Crippen molar-refractivity contribution < 1.29 is 39.6 Å². The second kappa shape index (κ2) is 23.4. The van der Waals surface area contributed by atoms with Crippen LogP contribution in [0.3, 0.4) is 0 Å². The highest BCUT2D eigenvalue weighted by atomic mass is 16.4. The summed E-state index contributed by atoms with van der Waals surface area (Å²) >= 11 is 0. The first kappa shape index (κ1) is 37.1. The highest BCUT2D eigenvalue weighted by Crippen LogP contribution is 1.98. The Bertz CT molecular complexity index is 514. The van der Waals surface area contributed by atoms with E-state index in [1.165, 1.54) is 0 Å². The lowest BCUT2D eigenvalue weighted by Gasteiger charge is -2.16.